The van der Waals surface area contributed by atoms with Crippen LogP contribution in [0.3, 0.4) is 0 Å². The first-order chi connectivity index (χ1) is 12.9. The maximum atomic E-state index is 6.69. The number of hydrogen-bond donors (Lipinski definition) is 0. The molecule has 4 aromatic rings. The van der Waals surface area contributed by atoms with Crippen molar-refractivity contribution < 1.29 is 4.74 Å². The van der Waals surface area contributed by atoms with E-state index < -0.39 is 5.60 Å². The molecule has 0 N–H and O–H groups in total. The van der Waals surface area contributed by atoms with E-state index in [0.717, 1.165) is 33.3 Å². The van der Waals surface area contributed by atoms with Crippen molar-refractivity contribution in [3.05, 3.63) is 114 Å². The zero-order valence-corrected chi connectivity index (χ0v) is 14.2. The Morgan fingerprint density at radius 1 is 0.692 bits per heavy atom. The fourth-order valence-electron chi connectivity index (χ4n) is 3.67. The number of rotatable bonds is 2. The van der Waals surface area contributed by atoms with Gasteiger partial charge in [0.15, 0.2) is 5.60 Å². The van der Waals surface area contributed by atoms with Crippen molar-refractivity contribution in [2.75, 3.05) is 0 Å². The molecule has 0 amide bonds. The van der Waals surface area contributed by atoms with Crippen molar-refractivity contribution >= 4 is 17.0 Å². The van der Waals surface area contributed by atoms with Crippen molar-refractivity contribution in [2.45, 2.75) is 5.60 Å². The molecule has 0 radical (unpaired) electrons. The highest BCUT2D eigenvalue weighted by Crippen LogP contribution is 2.43. The number of aromatic nitrogens is 1. The first-order valence-corrected chi connectivity index (χ1v) is 8.74. The first-order valence-electron chi connectivity index (χ1n) is 8.74. The van der Waals surface area contributed by atoms with Crippen molar-refractivity contribution in [1.29, 1.82) is 0 Å². The molecule has 2 nitrogen and oxygen atoms in total. The molecular formula is C24H17NO. The largest absolute Gasteiger partial charge is 0.473 e. The minimum Gasteiger partial charge on any atom is -0.473 e. The van der Waals surface area contributed by atoms with Crippen LogP contribution in [-0.2, 0) is 5.60 Å². The lowest BCUT2D eigenvalue weighted by Gasteiger charge is -2.36. The van der Waals surface area contributed by atoms with Gasteiger partial charge in [0.25, 0.3) is 0 Å². The lowest BCUT2D eigenvalue weighted by Crippen LogP contribution is -2.34. The summed E-state index contributed by atoms with van der Waals surface area (Å²) in [6.45, 7) is 0. The number of hydrogen-bond acceptors (Lipinski definition) is 2. The molecule has 3 aromatic carbocycles. The summed E-state index contributed by atoms with van der Waals surface area (Å²) in [6, 6.07) is 28.8. The van der Waals surface area contributed by atoms with Crippen molar-refractivity contribution in [3.8, 4) is 5.75 Å². The topological polar surface area (TPSA) is 22.1 Å². The van der Waals surface area contributed by atoms with E-state index in [1.165, 1.54) is 0 Å². The predicted molar refractivity (Wildman–Crippen MR) is 105 cm³/mol. The molecule has 124 valence electrons. The molecule has 1 aliphatic heterocycles. The summed E-state index contributed by atoms with van der Waals surface area (Å²) in [4.78, 5) is 4.45. The normalized spacial score (nSPS) is 14.6. The van der Waals surface area contributed by atoms with Crippen LogP contribution in [0, 0.1) is 0 Å². The summed E-state index contributed by atoms with van der Waals surface area (Å²) in [6.07, 6.45) is 6.15. The minimum absolute atomic E-state index is 0.634. The van der Waals surface area contributed by atoms with Crippen LogP contribution in [0.15, 0.2) is 97.2 Å². The smallest absolute Gasteiger partial charge is 0.178 e. The predicted octanol–water partition coefficient (Wildman–Crippen LogP) is 5.58. The number of ether oxygens (including phenoxy) is 1. The van der Waals surface area contributed by atoms with Crippen LogP contribution >= 0.6 is 0 Å². The highest BCUT2D eigenvalue weighted by molar-refractivity contribution is 5.91. The maximum absolute atomic E-state index is 6.69. The van der Waals surface area contributed by atoms with Gasteiger partial charge in [-0.25, -0.2) is 0 Å². The van der Waals surface area contributed by atoms with Crippen LogP contribution in [-0.4, -0.2) is 4.98 Å². The molecule has 1 aliphatic rings. The maximum Gasteiger partial charge on any atom is 0.178 e. The fourth-order valence-corrected chi connectivity index (χ4v) is 3.67. The van der Waals surface area contributed by atoms with Gasteiger partial charge in [-0.15, -0.1) is 0 Å². The molecular weight excluding hydrogens is 318 g/mol. The second kappa shape index (κ2) is 5.85. The van der Waals surface area contributed by atoms with Crippen LogP contribution in [0.25, 0.3) is 17.0 Å². The van der Waals surface area contributed by atoms with E-state index in [1.807, 2.05) is 36.5 Å². The Hall–Kier alpha value is -3.39. The van der Waals surface area contributed by atoms with Gasteiger partial charge >= 0.3 is 0 Å². The van der Waals surface area contributed by atoms with Gasteiger partial charge in [0.2, 0.25) is 0 Å². The van der Waals surface area contributed by atoms with Gasteiger partial charge in [0.1, 0.15) is 5.75 Å². The number of pyridine rings is 1. The highest BCUT2D eigenvalue weighted by Gasteiger charge is 2.37. The zero-order valence-electron chi connectivity index (χ0n) is 14.2. The number of nitrogens with zero attached hydrogens (tertiary/aromatic N) is 1. The van der Waals surface area contributed by atoms with Crippen LogP contribution in [0.5, 0.6) is 5.75 Å². The Labute approximate surface area is 152 Å². The van der Waals surface area contributed by atoms with Crippen molar-refractivity contribution in [2.24, 2.45) is 0 Å². The Morgan fingerprint density at radius 3 is 2.08 bits per heavy atom. The van der Waals surface area contributed by atoms with E-state index in [1.54, 1.807) is 0 Å². The molecule has 1 aromatic heterocycles. The van der Waals surface area contributed by atoms with Gasteiger partial charge in [-0.2, -0.15) is 0 Å². The molecule has 2 heteroatoms. The molecule has 0 unspecified atom stereocenters. The third-order valence-corrected chi connectivity index (χ3v) is 4.95. The summed E-state index contributed by atoms with van der Waals surface area (Å²) in [7, 11) is 0. The monoisotopic (exact) mass is 335 g/mol. The van der Waals surface area contributed by atoms with Gasteiger partial charge < -0.3 is 4.74 Å². The van der Waals surface area contributed by atoms with E-state index in [2.05, 4.69) is 71.7 Å². The summed E-state index contributed by atoms with van der Waals surface area (Å²) >= 11 is 0. The summed E-state index contributed by atoms with van der Waals surface area (Å²) in [5, 5.41) is 1.11. The molecule has 0 saturated carbocycles. The molecule has 2 heterocycles. The first kappa shape index (κ1) is 14.9. The third-order valence-electron chi connectivity index (χ3n) is 4.95. The van der Waals surface area contributed by atoms with Gasteiger partial charge in [-0.3, -0.25) is 4.98 Å². The standard InChI is InChI=1S/C24H17NO/c1-3-8-18(9-4-1)24(19-10-5-2-6-11-19)16-15-21-20-12-7-17-25-22(20)13-14-23(21)26-24/h1-17H. The Morgan fingerprint density at radius 2 is 1.38 bits per heavy atom. The second-order valence-corrected chi connectivity index (χ2v) is 6.45. The molecule has 0 saturated heterocycles. The average Bonchev–Trinajstić information content (AvgIpc) is 2.74. The molecule has 0 fully saturated rings. The van der Waals surface area contributed by atoms with Gasteiger partial charge in [0, 0.05) is 28.3 Å². The Kier molecular flexibility index (Phi) is 3.36. The molecule has 0 atom stereocenters. The third kappa shape index (κ3) is 2.23. The Bertz CT molecular complexity index is 1060. The quantitative estimate of drug-likeness (QED) is 0.477. The lowest BCUT2D eigenvalue weighted by atomic mass is 9.83. The minimum atomic E-state index is -0.634. The van der Waals surface area contributed by atoms with E-state index in [9.17, 15) is 0 Å². The Balaban J connectivity index is 1.75. The molecule has 5 rings (SSSR count). The highest BCUT2D eigenvalue weighted by atomic mass is 16.5. The van der Waals surface area contributed by atoms with Gasteiger partial charge in [-0.1, -0.05) is 66.7 Å². The van der Waals surface area contributed by atoms with Crippen LogP contribution < -0.4 is 4.74 Å². The van der Waals surface area contributed by atoms with Crippen molar-refractivity contribution in [1.82, 2.24) is 4.98 Å². The van der Waals surface area contributed by atoms with E-state index in [0.29, 0.717) is 0 Å². The van der Waals surface area contributed by atoms with Crippen LogP contribution in [0.4, 0.5) is 0 Å². The molecule has 0 bridgehead atoms. The summed E-state index contributed by atoms with van der Waals surface area (Å²) in [5.74, 6) is 0.876. The van der Waals surface area contributed by atoms with Gasteiger partial charge in [-0.05, 0) is 30.4 Å². The summed E-state index contributed by atoms with van der Waals surface area (Å²) in [5.41, 5.74) is 3.65. The van der Waals surface area contributed by atoms with E-state index in [4.69, 9.17) is 4.74 Å². The summed E-state index contributed by atoms with van der Waals surface area (Å²) < 4.78 is 6.69. The van der Waals surface area contributed by atoms with Gasteiger partial charge in [0.05, 0.1) is 5.52 Å². The average molecular weight is 335 g/mol. The lowest BCUT2D eigenvalue weighted by molar-refractivity contribution is 0.161. The second-order valence-electron chi connectivity index (χ2n) is 6.45. The molecule has 26 heavy (non-hydrogen) atoms. The fraction of sp³-hybridized carbons (Fsp3) is 0.0417. The van der Waals surface area contributed by atoms with E-state index in [-0.39, 0.29) is 0 Å². The zero-order chi connectivity index (χ0) is 17.4. The molecule has 0 spiro atoms. The number of fused-ring (bicyclic) bond motifs is 3. The van der Waals surface area contributed by atoms with Crippen LogP contribution in [0.1, 0.15) is 16.7 Å². The SMILES string of the molecule is C1=CC(c2ccccc2)(c2ccccc2)Oc2ccc3ncccc3c21. The van der Waals surface area contributed by atoms with Crippen molar-refractivity contribution in [3.63, 3.8) is 0 Å². The number of benzene rings is 3. The molecule has 0 aliphatic carbocycles. The van der Waals surface area contributed by atoms with E-state index >= 15 is 0 Å². The van der Waals surface area contributed by atoms with Crippen LogP contribution in [0.2, 0.25) is 0 Å².